The zero-order chi connectivity index (χ0) is 9.64. The first-order valence-electron chi connectivity index (χ1n) is 4.47. The Balaban J connectivity index is 1.92. The van der Waals surface area contributed by atoms with Crippen molar-refractivity contribution in [2.24, 2.45) is 0 Å². The number of likely N-dealkylation sites (N-methyl/N-ethyl adjacent to an activating group) is 1. The maximum atomic E-state index is 12.1. The van der Waals surface area contributed by atoms with Crippen molar-refractivity contribution in [1.82, 2.24) is 9.80 Å². The number of hydrogen-bond donors (Lipinski definition) is 0. The van der Waals surface area contributed by atoms with Crippen LogP contribution in [-0.4, -0.2) is 54.7 Å². The minimum Gasteiger partial charge on any atom is -0.301 e. The molecule has 0 spiro atoms. The summed E-state index contributed by atoms with van der Waals surface area (Å²) in [5, 5.41) is 0. The van der Waals surface area contributed by atoms with Crippen LogP contribution >= 0.6 is 0 Å². The maximum Gasteiger partial charge on any atom is 0.401 e. The van der Waals surface area contributed by atoms with E-state index in [0.29, 0.717) is 12.6 Å². The standard InChI is InChI=1S/C8H13F3N2/c1-12-3-7-2-6(12)4-13(7)5-8(9,10)11/h6-7H,2-5H2,1H3/t6-,7-/m0/s1. The van der Waals surface area contributed by atoms with Crippen LogP contribution in [0, 0.1) is 0 Å². The number of nitrogens with zero attached hydrogens (tertiary/aromatic N) is 2. The van der Waals surface area contributed by atoms with E-state index >= 15 is 0 Å². The zero-order valence-corrected chi connectivity index (χ0v) is 7.51. The fourth-order valence-corrected chi connectivity index (χ4v) is 2.37. The Morgan fingerprint density at radius 2 is 1.92 bits per heavy atom. The highest BCUT2D eigenvalue weighted by molar-refractivity contribution is 4.98. The Kier molecular flexibility index (Phi) is 2.03. The number of likely N-dealkylation sites (tertiary alicyclic amines) is 2. The summed E-state index contributed by atoms with van der Waals surface area (Å²) in [4.78, 5) is 3.71. The third-order valence-electron chi connectivity index (χ3n) is 3.01. The van der Waals surface area contributed by atoms with E-state index in [9.17, 15) is 13.2 Å². The SMILES string of the molecule is CN1C[C@@H]2C[C@H]1CN2CC(F)(F)F. The van der Waals surface area contributed by atoms with Crippen LogP contribution in [0.3, 0.4) is 0 Å². The molecule has 0 aromatic carbocycles. The molecule has 0 radical (unpaired) electrons. The predicted molar refractivity (Wildman–Crippen MR) is 42.5 cm³/mol. The summed E-state index contributed by atoms with van der Waals surface area (Å²) >= 11 is 0. The summed E-state index contributed by atoms with van der Waals surface area (Å²) in [7, 11) is 1.98. The second kappa shape index (κ2) is 2.85. The van der Waals surface area contributed by atoms with E-state index in [1.54, 1.807) is 4.90 Å². The van der Waals surface area contributed by atoms with Gasteiger partial charge in [-0.15, -0.1) is 0 Å². The van der Waals surface area contributed by atoms with Crippen molar-refractivity contribution in [2.75, 3.05) is 26.7 Å². The van der Waals surface area contributed by atoms with Crippen molar-refractivity contribution in [3.63, 3.8) is 0 Å². The van der Waals surface area contributed by atoms with E-state index in [4.69, 9.17) is 0 Å². The molecule has 0 unspecified atom stereocenters. The molecule has 0 aromatic rings. The third kappa shape index (κ3) is 1.81. The van der Waals surface area contributed by atoms with Gasteiger partial charge in [-0.3, -0.25) is 4.90 Å². The minimum absolute atomic E-state index is 0.136. The van der Waals surface area contributed by atoms with E-state index in [0.717, 1.165) is 13.0 Å². The number of hydrogen-bond acceptors (Lipinski definition) is 2. The number of halogens is 3. The van der Waals surface area contributed by atoms with Crippen molar-refractivity contribution in [2.45, 2.75) is 24.7 Å². The van der Waals surface area contributed by atoms with Gasteiger partial charge in [0.1, 0.15) is 0 Å². The smallest absolute Gasteiger partial charge is 0.301 e. The lowest BCUT2D eigenvalue weighted by Crippen LogP contribution is -2.47. The van der Waals surface area contributed by atoms with E-state index in [1.165, 1.54) is 0 Å². The topological polar surface area (TPSA) is 6.48 Å². The molecule has 2 bridgehead atoms. The molecule has 2 nitrogen and oxygen atoms in total. The number of piperazine rings is 1. The first-order valence-corrected chi connectivity index (χ1v) is 4.47. The first kappa shape index (κ1) is 9.27. The fourth-order valence-electron chi connectivity index (χ4n) is 2.37. The summed E-state index contributed by atoms with van der Waals surface area (Å²) < 4.78 is 36.2. The highest BCUT2D eigenvalue weighted by Gasteiger charge is 2.45. The Hall–Kier alpha value is -0.290. The second-order valence-electron chi connectivity index (χ2n) is 4.03. The quantitative estimate of drug-likeness (QED) is 0.613. The van der Waals surface area contributed by atoms with E-state index < -0.39 is 12.7 Å². The van der Waals surface area contributed by atoms with Gasteiger partial charge in [-0.2, -0.15) is 13.2 Å². The Morgan fingerprint density at radius 1 is 1.23 bits per heavy atom. The lowest BCUT2D eigenvalue weighted by Gasteiger charge is -2.32. The minimum atomic E-state index is -4.04. The molecule has 76 valence electrons. The number of alkyl halides is 3. The van der Waals surface area contributed by atoms with Crippen LogP contribution in [0.4, 0.5) is 13.2 Å². The molecule has 2 aliphatic rings. The van der Waals surface area contributed by atoms with Crippen LogP contribution in [0.25, 0.3) is 0 Å². The molecule has 0 aromatic heterocycles. The van der Waals surface area contributed by atoms with Gasteiger partial charge in [0.15, 0.2) is 0 Å². The van der Waals surface area contributed by atoms with Gasteiger partial charge in [-0.05, 0) is 13.5 Å². The number of fused-ring (bicyclic) bond motifs is 2. The Morgan fingerprint density at radius 3 is 2.31 bits per heavy atom. The Bertz CT molecular complexity index is 202. The fraction of sp³-hybridized carbons (Fsp3) is 1.00. The van der Waals surface area contributed by atoms with E-state index in [2.05, 4.69) is 4.90 Å². The second-order valence-corrected chi connectivity index (χ2v) is 4.03. The molecule has 2 heterocycles. The molecule has 2 saturated heterocycles. The molecule has 2 aliphatic heterocycles. The molecule has 2 atom stereocenters. The van der Waals surface area contributed by atoms with Gasteiger partial charge < -0.3 is 4.90 Å². The molecule has 0 aliphatic carbocycles. The normalized spacial score (nSPS) is 36.0. The van der Waals surface area contributed by atoms with Gasteiger partial charge >= 0.3 is 6.18 Å². The summed E-state index contributed by atoms with van der Waals surface area (Å²) in [5.74, 6) is 0. The van der Waals surface area contributed by atoms with E-state index in [1.807, 2.05) is 7.05 Å². The average molecular weight is 194 g/mol. The van der Waals surface area contributed by atoms with Gasteiger partial charge in [0, 0.05) is 25.2 Å². The molecule has 0 amide bonds. The van der Waals surface area contributed by atoms with Crippen LogP contribution in [0.5, 0.6) is 0 Å². The van der Waals surface area contributed by atoms with Crippen LogP contribution in [0.2, 0.25) is 0 Å². The van der Waals surface area contributed by atoms with Crippen molar-refractivity contribution >= 4 is 0 Å². The van der Waals surface area contributed by atoms with Crippen LogP contribution in [0.1, 0.15) is 6.42 Å². The van der Waals surface area contributed by atoms with Crippen molar-refractivity contribution < 1.29 is 13.2 Å². The molecule has 13 heavy (non-hydrogen) atoms. The van der Waals surface area contributed by atoms with Gasteiger partial charge in [-0.1, -0.05) is 0 Å². The first-order chi connectivity index (χ1) is 5.96. The largest absolute Gasteiger partial charge is 0.401 e. The average Bonchev–Trinajstić information content (AvgIpc) is 2.42. The van der Waals surface area contributed by atoms with Crippen LogP contribution in [-0.2, 0) is 0 Å². The lowest BCUT2D eigenvalue weighted by atomic mass is 10.2. The molecular formula is C8H13F3N2. The lowest BCUT2D eigenvalue weighted by molar-refractivity contribution is -0.150. The van der Waals surface area contributed by atoms with Gasteiger partial charge in [0.25, 0.3) is 0 Å². The van der Waals surface area contributed by atoms with Gasteiger partial charge in [0.2, 0.25) is 0 Å². The molecule has 0 saturated carbocycles. The summed E-state index contributed by atoms with van der Waals surface area (Å²) in [6, 6.07) is 0.490. The summed E-state index contributed by atoms with van der Waals surface area (Å²) in [6.45, 7) is 0.642. The van der Waals surface area contributed by atoms with Crippen molar-refractivity contribution in [3.8, 4) is 0 Å². The maximum absolute atomic E-state index is 12.1. The number of rotatable bonds is 1. The summed E-state index contributed by atoms with van der Waals surface area (Å²) in [5.41, 5.74) is 0. The molecule has 2 rings (SSSR count). The zero-order valence-electron chi connectivity index (χ0n) is 7.51. The molecular weight excluding hydrogens is 181 g/mol. The summed E-state index contributed by atoms with van der Waals surface area (Å²) in [6.07, 6.45) is -3.13. The van der Waals surface area contributed by atoms with Gasteiger partial charge in [0.05, 0.1) is 6.54 Å². The molecule has 0 N–H and O–H groups in total. The van der Waals surface area contributed by atoms with Crippen LogP contribution < -0.4 is 0 Å². The molecule has 5 heteroatoms. The monoisotopic (exact) mass is 194 g/mol. The van der Waals surface area contributed by atoms with Crippen LogP contribution in [0.15, 0.2) is 0 Å². The van der Waals surface area contributed by atoms with E-state index in [-0.39, 0.29) is 6.04 Å². The Labute approximate surface area is 75.3 Å². The highest BCUT2D eigenvalue weighted by atomic mass is 19.4. The van der Waals surface area contributed by atoms with Gasteiger partial charge in [-0.25, -0.2) is 0 Å². The highest BCUT2D eigenvalue weighted by Crippen LogP contribution is 2.31. The third-order valence-corrected chi connectivity index (χ3v) is 3.01. The van der Waals surface area contributed by atoms with Crippen molar-refractivity contribution in [3.05, 3.63) is 0 Å². The molecule has 2 fully saturated rings. The van der Waals surface area contributed by atoms with Crippen molar-refractivity contribution in [1.29, 1.82) is 0 Å². The predicted octanol–water partition coefficient (Wildman–Crippen LogP) is 0.937.